The lowest BCUT2D eigenvalue weighted by atomic mass is 10.1. The SMILES string of the molecule is CCc1cn(CC2Cc3cc(C)ccc3O2)c(=O)[nH]c1=O. The molecule has 0 saturated carbocycles. The molecule has 3 rings (SSSR count). The third kappa shape index (κ3) is 2.63. The molecule has 0 aliphatic carbocycles. The number of nitrogens with one attached hydrogen (secondary N) is 1. The van der Waals surface area contributed by atoms with E-state index in [-0.39, 0.29) is 17.4 Å². The number of nitrogens with zero attached hydrogens (tertiary/aromatic N) is 1. The number of aromatic amines is 1. The van der Waals surface area contributed by atoms with Crippen LogP contribution in [0.5, 0.6) is 5.75 Å². The second kappa shape index (κ2) is 5.24. The van der Waals surface area contributed by atoms with Gasteiger partial charge in [0, 0.05) is 18.2 Å². The Bertz CT molecular complexity index is 789. The topological polar surface area (TPSA) is 64.1 Å². The first-order chi connectivity index (χ1) is 10.1. The summed E-state index contributed by atoms with van der Waals surface area (Å²) in [6, 6.07) is 6.10. The molecule has 2 heterocycles. The smallest absolute Gasteiger partial charge is 0.328 e. The first kappa shape index (κ1) is 13.7. The van der Waals surface area contributed by atoms with Crippen LogP contribution >= 0.6 is 0 Å². The fourth-order valence-electron chi connectivity index (χ4n) is 2.71. The molecule has 1 unspecified atom stereocenters. The maximum atomic E-state index is 11.9. The van der Waals surface area contributed by atoms with Crippen molar-refractivity contribution in [3.05, 3.63) is 61.9 Å². The van der Waals surface area contributed by atoms with E-state index in [2.05, 4.69) is 11.1 Å². The second-order valence-corrected chi connectivity index (χ2v) is 5.47. The first-order valence-corrected chi connectivity index (χ1v) is 7.15. The zero-order valence-electron chi connectivity index (χ0n) is 12.2. The normalized spacial score (nSPS) is 16.6. The van der Waals surface area contributed by atoms with Gasteiger partial charge in [0.1, 0.15) is 11.9 Å². The molecule has 0 bridgehead atoms. The van der Waals surface area contributed by atoms with E-state index in [1.807, 2.05) is 26.0 Å². The minimum absolute atomic E-state index is 0.0740. The summed E-state index contributed by atoms with van der Waals surface area (Å²) in [6.45, 7) is 4.38. The van der Waals surface area contributed by atoms with Crippen molar-refractivity contribution in [1.29, 1.82) is 0 Å². The average Bonchev–Trinajstić information content (AvgIpc) is 2.83. The van der Waals surface area contributed by atoms with Gasteiger partial charge in [-0.1, -0.05) is 24.6 Å². The molecule has 0 saturated heterocycles. The van der Waals surface area contributed by atoms with Crippen molar-refractivity contribution >= 4 is 0 Å². The molecular weight excluding hydrogens is 268 g/mol. The molecule has 0 radical (unpaired) electrons. The van der Waals surface area contributed by atoms with E-state index in [0.717, 1.165) is 12.2 Å². The van der Waals surface area contributed by atoms with Gasteiger partial charge in [-0.05, 0) is 25.0 Å². The highest BCUT2D eigenvalue weighted by Crippen LogP contribution is 2.29. The zero-order valence-corrected chi connectivity index (χ0v) is 12.2. The van der Waals surface area contributed by atoms with Crippen LogP contribution in [-0.2, 0) is 19.4 Å². The average molecular weight is 286 g/mol. The van der Waals surface area contributed by atoms with Gasteiger partial charge in [0.15, 0.2) is 0 Å². The fourth-order valence-corrected chi connectivity index (χ4v) is 2.71. The molecule has 0 spiro atoms. The lowest BCUT2D eigenvalue weighted by molar-refractivity contribution is 0.206. The minimum atomic E-state index is -0.382. The summed E-state index contributed by atoms with van der Waals surface area (Å²) in [6.07, 6.45) is 2.94. The van der Waals surface area contributed by atoms with Gasteiger partial charge >= 0.3 is 5.69 Å². The van der Waals surface area contributed by atoms with Crippen LogP contribution in [0.1, 0.15) is 23.6 Å². The van der Waals surface area contributed by atoms with Crippen molar-refractivity contribution in [3.8, 4) is 5.75 Å². The van der Waals surface area contributed by atoms with Crippen molar-refractivity contribution in [2.75, 3.05) is 0 Å². The van der Waals surface area contributed by atoms with Crippen LogP contribution < -0.4 is 16.0 Å². The Morgan fingerprint density at radius 2 is 2.19 bits per heavy atom. The van der Waals surface area contributed by atoms with Crippen molar-refractivity contribution < 1.29 is 4.74 Å². The molecular formula is C16H18N2O3. The van der Waals surface area contributed by atoms with Gasteiger partial charge in [0.05, 0.1) is 6.54 Å². The van der Waals surface area contributed by atoms with Crippen LogP contribution in [0.3, 0.4) is 0 Å². The van der Waals surface area contributed by atoms with Gasteiger partial charge < -0.3 is 4.74 Å². The molecule has 110 valence electrons. The van der Waals surface area contributed by atoms with Crippen LogP contribution in [0.4, 0.5) is 0 Å². The summed E-state index contributed by atoms with van der Waals surface area (Å²) in [5.41, 5.74) is 2.31. The summed E-state index contributed by atoms with van der Waals surface area (Å²) in [5.74, 6) is 0.888. The number of aromatic nitrogens is 2. The minimum Gasteiger partial charge on any atom is -0.488 e. The van der Waals surface area contributed by atoms with Gasteiger partial charge in [0.25, 0.3) is 5.56 Å². The molecule has 1 aromatic carbocycles. The Kier molecular flexibility index (Phi) is 3.41. The second-order valence-electron chi connectivity index (χ2n) is 5.47. The molecule has 5 nitrogen and oxygen atoms in total. The van der Waals surface area contributed by atoms with Crippen LogP contribution in [0, 0.1) is 6.92 Å². The maximum Gasteiger partial charge on any atom is 0.328 e. The number of aryl methyl sites for hydroxylation is 2. The van der Waals surface area contributed by atoms with Crippen molar-refractivity contribution in [2.24, 2.45) is 0 Å². The van der Waals surface area contributed by atoms with E-state index >= 15 is 0 Å². The molecule has 1 N–H and O–H groups in total. The molecule has 21 heavy (non-hydrogen) atoms. The molecule has 1 atom stereocenters. The van der Waals surface area contributed by atoms with E-state index < -0.39 is 0 Å². The van der Waals surface area contributed by atoms with Gasteiger partial charge in [-0.2, -0.15) is 0 Å². The number of rotatable bonds is 3. The van der Waals surface area contributed by atoms with E-state index in [1.165, 1.54) is 15.7 Å². The summed E-state index contributed by atoms with van der Waals surface area (Å²) in [7, 11) is 0. The monoisotopic (exact) mass is 286 g/mol. The highest BCUT2D eigenvalue weighted by atomic mass is 16.5. The van der Waals surface area contributed by atoms with Crippen molar-refractivity contribution in [1.82, 2.24) is 9.55 Å². The summed E-state index contributed by atoms with van der Waals surface area (Å²) < 4.78 is 7.40. The van der Waals surface area contributed by atoms with E-state index in [9.17, 15) is 9.59 Å². The Balaban J connectivity index is 1.83. The molecule has 5 heteroatoms. The number of hydrogen-bond donors (Lipinski definition) is 1. The number of fused-ring (bicyclic) bond motifs is 1. The number of benzene rings is 1. The van der Waals surface area contributed by atoms with Crippen LogP contribution in [-0.4, -0.2) is 15.7 Å². The standard InChI is InChI=1S/C16H18N2O3/c1-3-11-8-18(16(20)17-15(11)19)9-13-7-12-6-10(2)4-5-14(12)21-13/h4-6,8,13H,3,7,9H2,1-2H3,(H,17,19,20). The van der Waals surface area contributed by atoms with Crippen LogP contribution in [0.2, 0.25) is 0 Å². The predicted octanol–water partition coefficient (Wildman–Crippen LogP) is 1.41. The Hall–Kier alpha value is -2.30. The summed E-state index contributed by atoms with van der Waals surface area (Å²) in [4.78, 5) is 25.8. The van der Waals surface area contributed by atoms with Crippen molar-refractivity contribution in [2.45, 2.75) is 39.3 Å². The molecule has 1 aromatic heterocycles. The third-order valence-corrected chi connectivity index (χ3v) is 3.82. The highest BCUT2D eigenvalue weighted by Gasteiger charge is 2.23. The lowest BCUT2D eigenvalue weighted by Crippen LogP contribution is -2.35. The van der Waals surface area contributed by atoms with E-state index in [1.54, 1.807) is 6.20 Å². The zero-order chi connectivity index (χ0) is 15.0. The molecule has 0 amide bonds. The molecule has 1 aliphatic heterocycles. The van der Waals surface area contributed by atoms with Gasteiger partial charge in [-0.15, -0.1) is 0 Å². The van der Waals surface area contributed by atoms with Gasteiger partial charge in [0.2, 0.25) is 0 Å². The van der Waals surface area contributed by atoms with Crippen LogP contribution in [0.15, 0.2) is 34.0 Å². The fraction of sp³-hybridized carbons (Fsp3) is 0.375. The Morgan fingerprint density at radius 3 is 2.95 bits per heavy atom. The van der Waals surface area contributed by atoms with Crippen molar-refractivity contribution in [3.63, 3.8) is 0 Å². The molecule has 0 fully saturated rings. The molecule has 2 aromatic rings. The van der Waals surface area contributed by atoms with E-state index in [0.29, 0.717) is 18.5 Å². The van der Waals surface area contributed by atoms with Gasteiger partial charge in [-0.25, -0.2) is 4.79 Å². The van der Waals surface area contributed by atoms with E-state index in [4.69, 9.17) is 4.74 Å². The summed E-state index contributed by atoms with van der Waals surface area (Å²) >= 11 is 0. The Labute approximate surface area is 122 Å². The van der Waals surface area contributed by atoms with Crippen LogP contribution in [0.25, 0.3) is 0 Å². The largest absolute Gasteiger partial charge is 0.488 e. The highest BCUT2D eigenvalue weighted by molar-refractivity contribution is 5.40. The quantitative estimate of drug-likeness (QED) is 0.928. The third-order valence-electron chi connectivity index (χ3n) is 3.82. The summed E-state index contributed by atoms with van der Waals surface area (Å²) in [5, 5.41) is 0. The maximum absolute atomic E-state index is 11.9. The molecule has 1 aliphatic rings. The van der Waals surface area contributed by atoms with Gasteiger partial charge in [-0.3, -0.25) is 14.3 Å². The Morgan fingerprint density at radius 1 is 1.38 bits per heavy atom. The predicted molar refractivity (Wildman–Crippen MR) is 80.0 cm³/mol. The number of hydrogen-bond acceptors (Lipinski definition) is 3. The number of ether oxygens (including phenoxy) is 1. The first-order valence-electron chi connectivity index (χ1n) is 7.15. The lowest BCUT2D eigenvalue weighted by Gasteiger charge is -2.13. The number of H-pyrrole nitrogens is 1.